The number of nitrogens with one attached hydrogen (secondary N) is 2. The number of rotatable bonds is 7. The second-order valence-electron chi connectivity index (χ2n) is 8.34. The summed E-state index contributed by atoms with van der Waals surface area (Å²) < 4.78 is 12.2. The van der Waals surface area contributed by atoms with Crippen LogP contribution < -0.4 is 38.7 Å². The molecule has 4 rings (SSSR count). The number of nitrogen functional groups attached to an aromatic ring is 1. The van der Waals surface area contributed by atoms with E-state index in [4.69, 9.17) is 32.6 Å². The van der Waals surface area contributed by atoms with Gasteiger partial charge in [-0.3, -0.25) is 29.9 Å². The third-order valence-corrected chi connectivity index (χ3v) is 6.11. The third-order valence-electron chi connectivity index (χ3n) is 6.11. The molecule has 0 saturated carbocycles. The maximum atomic E-state index is 13.5. The highest BCUT2D eigenvalue weighted by Gasteiger charge is 2.54. The van der Waals surface area contributed by atoms with Gasteiger partial charge in [-0.25, -0.2) is 31.4 Å². The van der Waals surface area contributed by atoms with Crippen molar-refractivity contribution in [2.45, 2.75) is 36.9 Å². The SMILES string of the molecule is COc1ccc(C[C@H](N)C(=O)N(C(=O)NN)[C@H]2[C@@H](O)[C@H](n3cnc4c(N)ncnc43)O[C@@H]2C(=O)NN)cc1. The highest BCUT2D eigenvalue weighted by atomic mass is 16.5. The van der Waals surface area contributed by atoms with Crippen molar-refractivity contribution in [3.05, 3.63) is 42.5 Å². The third kappa shape index (κ3) is 4.78. The Hall–Kier alpha value is -4.42. The van der Waals surface area contributed by atoms with Gasteiger partial charge < -0.3 is 26.0 Å². The molecule has 202 valence electrons. The number of hydrogen-bond donors (Lipinski definition) is 7. The molecule has 11 N–H and O–H groups in total. The van der Waals surface area contributed by atoms with Gasteiger partial charge in [-0.2, -0.15) is 0 Å². The van der Waals surface area contributed by atoms with Crippen molar-refractivity contribution in [3.8, 4) is 5.75 Å². The van der Waals surface area contributed by atoms with E-state index >= 15 is 0 Å². The number of ether oxygens (including phenoxy) is 2. The van der Waals surface area contributed by atoms with Crippen LogP contribution in [0.3, 0.4) is 0 Å². The Morgan fingerprint density at radius 2 is 1.89 bits per heavy atom. The number of hydrogen-bond acceptors (Lipinski definition) is 13. The summed E-state index contributed by atoms with van der Waals surface area (Å²) in [7, 11) is 1.51. The number of anilines is 1. The van der Waals surface area contributed by atoms with Crippen LogP contribution in [0.2, 0.25) is 0 Å². The fourth-order valence-electron chi connectivity index (χ4n) is 4.27. The maximum Gasteiger partial charge on any atom is 0.338 e. The lowest BCUT2D eigenvalue weighted by molar-refractivity contribution is -0.139. The van der Waals surface area contributed by atoms with Gasteiger partial charge in [0.2, 0.25) is 5.91 Å². The van der Waals surface area contributed by atoms with E-state index in [0.29, 0.717) is 16.2 Å². The van der Waals surface area contributed by atoms with E-state index in [9.17, 15) is 19.5 Å². The molecule has 3 heterocycles. The number of nitrogens with zero attached hydrogens (tertiary/aromatic N) is 5. The molecule has 1 fully saturated rings. The van der Waals surface area contributed by atoms with Crippen LogP contribution in [-0.4, -0.2) is 78.8 Å². The summed E-state index contributed by atoms with van der Waals surface area (Å²) in [4.78, 5) is 51.6. The van der Waals surface area contributed by atoms with E-state index in [1.54, 1.807) is 24.3 Å². The number of imide groups is 1. The zero-order valence-electron chi connectivity index (χ0n) is 20.1. The van der Waals surface area contributed by atoms with Crippen molar-refractivity contribution in [1.82, 2.24) is 35.3 Å². The molecule has 1 aliphatic heterocycles. The smallest absolute Gasteiger partial charge is 0.338 e. The predicted molar refractivity (Wildman–Crippen MR) is 130 cm³/mol. The lowest BCUT2D eigenvalue weighted by atomic mass is 10.0. The second-order valence-corrected chi connectivity index (χ2v) is 8.34. The molecule has 2 aromatic heterocycles. The van der Waals surface area contributed by atoms with Crippen LogP contribution in [0.5, 0.6) is 5.75 Å². The fraction of sp³-hybridized carbons (Fsp3) is 0.333. The number of nitrogens with two attached hydrogens (primary N) is 4. The number of amides is 4. The second kappa shape index (κ2) is 10.9. The molecule has 0 bridgehead atoms. The number of aliphatic hydroxyl groups is 1. The first kappa shape index (κ1) is 26.6. The molecule has 38 heavy (non-hydrogen) atoms. The number of aliphatic hydroxyl groups excluding tert-OH is 1. The van der Waals surface area contributed by atoms with Crippen LogP contribution in [0.15, 0.2) is 36.9 Å². The van der Waals surface area contributed by atoms with Crippen LogP contribution >= 0.6 is 0 Å². The largest absolute Gasteiger partial charge is 0.497 e. The van der Waals surface area contributed by atoms with Crippen LogP contribution in [0.4, 0.5) is 10.6 Å². The molecular formula is C21H27N11O6. The van der Waals surface area contributed by atoms with Crippen LogP contribution in [-0.2, 0) is 20.7 Å². The summed E-state index contributed by atoms with van der Waals surface area (Å²) in [6.45, 7) is 0. The first-order valence-corrected chi connectivity index (χ1v) is 11.2. The van der Waals surface area contributed by atoms with Crippen molar-refractivity contribution in [2.24, 2.45) is 17.4 Å². The Labute approximate surface area is 215 Å². The highest BCUT2D eigenvalue weighted by Crippen LogP contribution is 2.35. The molecule has 17 heteroatoms. The molecule has 1 saturated heterocycles. The molecule has 1 aliphatic rings. The van der Waals surface area contributed by atoms with E-state index < -0.39 is 48.4 Å². The quantitative estimate of drug-likeness (QED) is 0.0915. The minimum absolute atomic E-state index is 0.0143. The summed E-state index contributed by atoms with van der Waals surface area (Å²) in [5.74, 6) is 9.47. The van der Waals surface area contributed by atoms with Gasteiger partial charge in [-0.15, -0.1) is 0 Å². The summed E-state index contributed by atoms with van der Waals surface area (Å²) in [6, 6.07) is 2.77. The first-order chi connectivity index (χ1) is 18.2. The Balaban J connectivity index is 1.68. The molecule has 1 aromatic carbocycles. The number of methoxy groups -OCH3 is 1. The molecule has 5 atom stereocenters. The number of imidazole rings is 1. The van der Waals surface area contributed by atoms with Crippen molar-refractivity contribution in [2.75, 3.05) is 12.8 Å². The Kier molecular flexibility index (Phi) is 7.65. The topological polar surface area (TPSA) is 265 Å². The fourth-order valence-corrected chi connectivity index (χ4v) is 4.27. The van der Waals surface area contributed by atoms with E-state index in [1.165, 1.54) is 24.3 Å². The maximum absolute atomic E-state index is 13.5. The van der Waals surface area contributed by atoms with Crippen molar-refractivity contribution < 1.29 is 29.0 Å². The number of fused-ring (bicyclic) bond motifs is 1. The average molecular weight is 530 g/mol. The average Bonchev–Trinajstić information content (AvgIpc) is 3.50. The molecule has 17 nitrogen and oxygen atoms in total. The van der Waals surface area contributed by atoms with Crippen molar-refractivity contribution >= 4 is 34.8 Å². The Morgan fingerprint density at radius 1 is 1.18 bits per heavy atom. The standard InChI is InChI=1S/C21H27N11O6/c1-37-10-4-2-9(3-5-10)6-11(22)19(35)32(21(36)30-25)13-14(33)20(38-15(13)18(34)29-24)31-8-28-12-16(23)26-7-27-17(12)31/h2-5,7-8,11,13-15,20,33H,6,22,24-25H2,1H3,(H,29,34)(H,30,36)(H2,23,26,27)/t11-,13-,14+,15-,20+/m0/s1. The summed E-state index contributed by atoms with van der Waals surface area (Å²) in [5.41, 5.74) is 16.8. The van der Waals surface area contributed by atoms with E-state index in [2.05, 4.69) is 15.0 Å². The monoisotopic (exact) mass is 529 g/mol. The Morgan fingerprint density at radius 3 is 2.53 bits per heavy atom. The van der Waals surface area contributed by atoms with Gasteiger partial charge in [0, 0.05) is 0 Å². The minimum Gasteiger partial charge on any atom is -0.497 e. The first-order valence-electron chi connectivity index (χ1n) is 11.2. The predicted octanol–water partition coefficient (Wildman–Crippen LogP) is -2.98. The van der Waals surface area contributed by atoms with Crippen molar-refractivity contribution in [1.29, 1.82) is 0 Å². The zero-order chi connectivity index (χ0) is 27.6. The van der Waals surface area contributed by atoms with Gasteiger partial charge in [0.05, 0.1) is 19.5 Å². The minimum atomic E-state index is -1.68. The van der Waals surface area contributed by atoms with Crippen LogP contribution in [0, 0.1) is 0 Å². The number of urea groups is 1. The summed E-state index contributed by atoms with van der Waals surface area (Å²) in [5, 5.41) is 11.3. The highest BCUT2D eigenvalue weighted by molar-refractivity contribution is 5.98. The van der Waals surface area contributed by atoms with Crippen molar-refractivity contribution in [3.63, 3.8) is 0 Å². The van der Waals surface area contributed by atoms with Gasteiger partial charge in [0.15, 0.2) is 23.8 Å². The summed E-state index contributed by atoms with van der Waals surface area (Å²) in [6.07, 6.45) is -2.20. The molecule has 3 aromatic rings. The Bertz CT molecular complexity index is 1330. The number of hydrazine groups is 2. The zero-order valence-corrected chi connectivity index (χ0v) is 20.1. The van der Waals surface area contributed by atoms with E-state index in [0.717, 1.165) is 0 Å². The van der Waals surface area contributed by atoms with Gasteiger partial charge in [-0.1, -0.05) is 12.1 Å². The van der Waals surface area contributed by atoms with E-state index in [1.807, 2.05) is 10.9 Å². The lowest BCUT2D eigenvalue weighted by Gasteiger charge is -2.32. The molecule has 0 spiro atoms. The van der Waals surface area contributed by atoms with Gasteiger partial charge in [0.1, 0.15) is 29.7 Å². The number of benzene rings is 1. The van der Waals surface area contributed by atoms with Gasteiger partial charge in [-0.05, 0) is 24.1 Å². The number of aromatic nitrogens is 4. The molecule has 0 radical (unpaired) electrons. The lowest BCUT2D eigenvalue weighted by Crippen LogP contribution is -2.63. The van der Waals surface area contributed by atoms with Gasteiger partial charge >= 0.3 is 6.03 Å². The summed E-state index contributed by atoms with van der Waals surface area (Å²) >= 11 is 0. The molecule has 0 unspecified atom stereocenters. The number of carbonyl (C=O) groups is 3. The van der Waals surface area contributed by atoms with Crippen LogP contribution in [0.1, 0.15) is 11.8 Å². The van der Waals surface area contributed by atoms with Crippen LogP contribution in [0.25, 0.3) is 11.2 Å². The van der Waals surface area contributed by atoms with E-state index in [-0.39, 0.29) is 23.4 Å². The molecule has 4 amide bonds. The normalized spacial score (nSPS) is 21.6. The molecular weight excluding hydrogens is 502 g/mol. The van der Waals surface area contributed by atoms with Gasteiger partial charge in [0.25, 0.3) is 5.91 Å². The number of carbonyl (C=O) groups excluding carboxylic acids is 3. The molecule has 0 aliphatic carbocycles.